The first-order chi connectivity index (χ1) is 15.5. The number of amides is 1. The maximum atomic E-state index is 12.9. The number of nitrogens with one attached hydrogen (secondary N) is 1. The van der Waals surface area contributed by atoms with E-state index in [0.717, 1.165) is 22.1 Å². The topological polar surface area (TPSA) is 85.6 Å². The van der Waals surface area contributed by atoms with Gasteiger partial charge in [-0.1, -0.05) is 29.8 Å². The number of anilines is 1. The molecule has 0 spiro atoms. The molecule has 1 atom stereocenters. The molecule has 5 rings (SSSR count). The summed E-state index contributed by atoms with van der Waals surface area (Å²) in [5, 5.41) is 3.58. The molecule has 1 aliphatic rings. The fourth-order valence-electron chi connectivity index (χ4n) is 3.85. The van der Waals surface area contributed by atoms with Crippen LogP contribution in [0.25, 0.3) is 11.0 Å². The predicted octanol–water partition coefficient (Wildman–Crippen LogP) is 4.81. The molecule has 1 aromatic heterocycles. The van der Waals surface area contributed by atoms with E-state index in [1.807, 2.05) is 31.2 Å². The van der Waals surface area contributed by atoms with Crippen molar-refractivity contribution in [1.82, 2.24) is 0 Å². The van der Waals surface area contributed by atoms with Crippen LogP contribution in [0.5, 0.6) is 0 Å². The third kappa shape index (κ3) is 3.78. The number of cyclic esters (lactones) is 1. The van der Waals surface area contributed by atoms with Crippen LogP contribution in [0.15, 0.2) is 82.0 Å². The van der Waals surface area contributed by atoms with Crippen LogP contribution in [-0.4, -0.2) is 11.9 Å². The molecule has 1 aliphatic heterocycles. The molecule has 3 aromatic carbocycles. The van der Waals surface area contributed by atoms with Gasteiger partial charge in [0, 0.05) is 35.2 Å². The van der Waals surface area contributed by atoms with Gasteiger partial charge in [-0.3, -0.25) is 4.79 Å². The Bertz CT molecular complexity index is 1420. The Morgan fingerprint density at radius 1 is 0.938 bits per heavy atom. The van der Waals surface area contributed by atoms with Gasteiger partial charge in [0.2, 0.25) is 0 Å². The number of aryl methyl sites for hydroxylation is 1. The van der Waals surface area contributed by atoms with E-state index in [1.54, 1.807) is 42.5 Å². The van der Waals surface area contributed by atoms with Gasteiger partial charge in [0.25, 0.3) is 5.91 Å². The first-order valence-corrected chi connectivity index (χ1v) is 10.2. The van der Waals surface area contributed by atoms with E-state index in [9.17, 15) is 14.4 Å². The van der Waals surface area contributed by atoms with Crippen LogP contribution in [-0.2, 0) is 11.2 Å². The molecule has 0 radical (unpaired) electrons. The van der Waals surface area contributed by atoms with Crippen LogP contribution in [0.3, 0.4) is 0 Å². The Kier molecular flexibility index (Phi) is 4.82. The van der Waals surface area contributed by atoms with Gasteiger partial charge in [0.15, 0.2) is 0 Å². The molecule has 6 nitrogen and oxygen atoms in total. The van der Waals surface area contributed by atoms with Crippen molar-refractivity contribution in [2.45, 2.75) is 19.4 Å². The third-order valence-electron chi connectivity index (χ3n) is 5.57. The predicted molar refractivity (Wildman–Crippen MR) is 120 cm³/mol. The molecule has 0 bridgehead atoms. The Balaban J connectivity index is 1.40. The van der Waals surface area contributed by atoms with E-state index in [-0.39, 0.29) is 5.91 Å². The zero-order valence-corrected chi connectivity index (χ0v) is 17.3. The lowest BCUT2D eigenvalue weighted by molar-refractivity contribution is 0.0252. The van der Waals surface area contributed by atoms with Gasteiger partial charge < -0.3 is 14.5 Å². The molecule has 158 valence electrons. The van der Waals surface area contributed by atoms with E-state index in [4.69, 9.17) is 9.15 Å². The SMILES string of the molecule is Cc1ccc([C@H]2Cc3cc(C(=O)Nc4ccc5ccc(=O)oc5c4)ccc3C(=O)O2)cc1. The minimum atomic E-state index is -0.453. The number of benzene rings is 3. The number of ether oxygens (including phenoxy) is 1. The second kappa shape index (κ2) is 7.81. The van der Waals surface area contributed by atoms with E-state index < -0.39 is 17.7 Å². The van der Waals surface area contributed by atoms with E-state index in [2.05, 4.69) is 5.32 Å². The molecule has 0 saturated carbocycles. The highest BCUT2D eigenvalue weighted by atomic mass is 16.5. The van der Waals surface area contributed by atoms with Gasteiger partial charge in [-0.05, 0) is 54.4 Å². The molecule has 6 heteroatoms. The number of fused-ring (bicyclic) bond motifs is 2. The summed E-state index contributed by atoms with van der Waals surface area (Å²) in [6.07, 6.45) is 0.101. The first kappa shape index (κ1) is 19.8. The van der Waals surface area contributed by atoms with Crippen LogP contribution in [0, 0.1) is 6.92 Å². The molecule has 1 N–H and O–H groups in total. The lowest BCUT2D eigenvalue weighted by Crippen LogP contribution is -2.23. The molecule has 0 aliphatic carbocycles. The molecular formula is C26H19NO5. The molecule has 1 amide bonds. The third-order valence-corrected chi connectivity index (χ3v) is 5.57. The highest BCUT2D eigenvalue weighted by molar-refractivity contribution is 6.06. The maximum absolute atomic E-state index is 12.9. The average molecular weight is 425 g/mol. The molecule has 32 heavy (non-hydrogen) atoms. The first-order valence-electron chi connectivity index (χ1n) is 10.2. The Labute approximate surface area is 183 Å². The minimum Gasteiger partial charge on any atom is -0.454 e. The van der Waals surface area contributed by atoms with E-state index >= 15 is 0 Å². The number of esters is 1. The van der Waals surface area contributed by atoms with Crippen molar-refractivity contribution in [3.8, 4) is 0 Å². The molecule has 0 saturated heterocycles. The highest BCUT2D eigenvalue weighted by Gasteiger charge is 2.28. The summed E-state index contributed by atoms with van der Waals surface area (Å²) in [6, 6.07) is 20.9. The van der Waals surface area contributed by atoms with Gasteiger partial charge >= 0.3 is 11.6 Å². The van der Waals surface area contributed by atoms with Crippen molar-refractivity contribution in [3.05, 3.63) is 111 Å². The zero-order valence-electron chi connectivity index (χ0n) is 17.3. The largest absolute Gasteiger partial charge is 0.454 e. The fraction of sp³-hybridized carbons (Fsp3) is 0.115. The summed E-state index contributed by atoms with van der Waals surface area (Å²) in [6.45, 7) is 2.00. The normalized spacial score (nSPS) is 15.2. The van der Waals surface area contributed by atoms with Gasteiger partial charge in [0.05, 0.1) is 5.56 Å². The number of hydrogen-bond donors (Lipinski definition) is 1. The van der Waals surface area contributed by atoms with Crippen molar-refractivity contribution < 1.29 is 18.7 Å². The Morgan fingerprint density at radius 2 is 1.72 bits per heavy atom. The summed E-state index contributed by atoms with van der Waals surface area (Å²) in [5.41, 5.74) is 4.16. The highest BCUT2D eigenvalue weighted by Crippen LogP contribution is 2.31. The van der Waals surface area contributed by atoms with Crippen molar-refractivity contribution >= 4 is 28.5 Å². The number of carbonyl (C=O) groups is 2. The standard InChI is InChI=1S/C26H19NO5/c1-15-2-4-16(5-3-15)22-13-19-12-18(7-10-21(19)26(30)32-22)25(29)27-20-9-6-17-8-11-24(28)31-23(17)14-20/h2-12,14,22H,13H2,1H3,(H,27,29)/t22-/m1/s1. The molecule has 2 heterocycles. The number of rotatable bonds is 3. The summed E-state index contributed by atoms with van der Waals surface area (Å²) in [5.74, 6) is -0.718. The van der Waals surface area contributed by atoms with E-state index in [0.29, 0.717) is 28.8 Å². The van der Waals surface area contributed by atoms with Crippen molar-refractivity contribution in [1.29, 1.82) is 0 Å². The molecule has 0 unspecified atom stereocenters. The fourth-order valence-corrected chi connectivity index (χ4v) is 3.85. The van der Waals surface area contributed by atoms with Gasteiger partial charge in [-0.25, -0.2) is 9.59 Å². The Hall–Kier alpha value is -4.19. The van der Waals surface area contributed by atoms with Crippen molar-refractivity contribution in [2.75, 3.05) is 5.32 Å². The average Bonchev–Trinajstić information content (AvgIpc) is 2.79. The zero-order chi connectivity index (χ0) is 22.2. The summed E-state index contributed by atoms with van der Waals surface area (Å²) >= 11 is 0. The van der Waals surface area contributed by atoms with Crippen LogP contribution in [0.2, 0.25) is 0 Å². The smallest absolute Gasteiger partial charge is 0.339 e. The second-order valence-corrected chi connectivity index (χ2v) is 7.84. The second-order valence-electron chi connectivity index (χ2n) is 7.84. The lowest BCUT2D eigenvalue weighted by atomic mass is 9.92. The lowest BCUT2D eigenvalue weighted by Gasteiger charge is -2.25. The Morgan fingerprint density at radius 3 is 2.53 bits per heavy atom. The van der Waals surface area contributed by atoms with Crippen LogP contribution < -0.4 is 10.9 Å². The van der Waals surface area contributed by atoms with E-state index in [1.165, 1.54) is 6.07 Å². The van der Waals surface area contributed by atoms with Crippen LogP contribution in [0.1, 0.15) is 43.5 Å². The number of carbonyl (C=O) groups excluding carboxylic acids is 2. The van der Waals surface area contributed by atoms with Gasteiger partial charge in [0.1, 0.15) is 11.7 Å². The van der Waals surface area contributed by atoms with Gasteiger partial charge in [-0.2, -0.15) is 0 Å². The maximum Gasteiger partial charge on any atom is 0.339 e. The number of hydrogen-bond acceptors (Lipinski definition) is 5. The molecule has 0 fully saturated rings. The molecule has 4 aromatic rings. The van der Waals surface area contributed by atoms with Crippen LogP contribution >= 0.6 is 0 Å². The summed E-state index contributed by atoms with van der Waals surface area (Å²) in [7, 11) is 0. The van der Waals surface area contributed by atoms with Crippen molar-refractivity contribution in [3.63, 3.8) is 0 Å². The van der Waals surface area contributed by atoms with Crippen LogP contribution in [0.4, 0.5) is 5.69 Å². The monoisotopic (exact) mass is 425 g/mol. The molecular weight excluding hydrogens is 406 g/mol. The quantitative estimate of drug-likeness (QED) is 0.376. The summed E-state index contributed by atoms with van der Waals surface area (Å²) < 4.78 is 10.8. The van der Waals surface area contributed by atoms with Crippen molar-refractivity contribution in [2.24, 2.45) is 0 Å². The van der Waals surface area contributed by atoms with Gasteiger partial charge in [-0.15, -0.1) is 0 Å². The minimum absolute atomic E-state index is 0.323. The summed E-state index contributed by atoms with van der Waals surface area (Å²) in [4.78, 5) is 36.8.